The van der Waals surface area contributed by atoms with Gasteiger partial charge >= 0.3 is 5.69 Å². The van der Waals surface area contributed by atoms with Crippen molar-refractivity contribution < 1.29 is 0 Å². The molecule has 3 rings (SSSR count). The third-order valence-corrected chi connectivity index (χ3v) is 3.79. The highest BCUT2D eigenvalue weighted by molar-refractivity contribution is 6.18. The summed E-state index contributed by atoms with van der Waals surface area (Å²) in [4.78, 5) is 17.9. The SMILES string of the molecule is O=c1[nH]nc2cc(N3CCCC(CCl)C3)ncn12. The van der Waals surface area contributed by atoms with Crippen LogP contribution in [0.15, 0.2) is 17.2 Å². The molecular formula is C11H14ClN5O. The molecule has 1 fully saturated rings. The molecular weight excluding hydrogens is 254 g/mol. The summed E-state index contributed by atoms with van der Waals surface area (Å²) in [7, 11) is 0. The molecule has 0 bridgehead atoms. The lowest BCUT2D eigenvalue weighted by Crippen LogP contribution is -2.36. The highest BCUT2D eigenvalue weighted by Gasteiger charge is 2.20. The van der Waals surface area contributed by atoms with Crippen molar-refractivity contribution in [1.29, 1.82) is 0 Å². The molecule has 2 aromatic rings. The smallest absolute Gasteiger partial charge is 0.348 e. The van der Waals surface area contributed by atoms with Gasteiger partial charge in [0.1, 0.15) is 12.1 Å². The maximum atomic E-state index is 11.3. The quantitative estimate of drug-likeness (QED) is 0.820. The summed E-state index contributed by atoms with van der Waals surface area (Å²) in [5.41, 5.74) is 0.333. The van der Waals surface area contributed by atoms with Gasteiger partial charge in [-0.25, -0.2) is 19.3 Å². The van der Waals surface area contributed by atoms with Crippen LogP contribution in [0.2, 0.25) is 0 Å². The van der Waals surface area contributed by atoms with Crippen LogP contribution in [-0.2, 0) is 0 Å². The highest BCUT2D eigenvalue weighted by Crippen LogP contribution is 2.22. The minimum absolute atomic E-state index is 0.263. The van der Waals surface area contributed by atoms with E-state index in [1.807, 2.05) is 6.07 Å². The zero-order chi connectivity index (χ0) is 12.5. The molecule has 0 saturated carbocycles. The predicted molar refractivity (Wildman–Crippen MR) is 69.3 cm³/mol. The fraction of sp³-hybridized carbons (Fsp3) is 0.545. The molecule has 0 radical (unpaired) electrons. The first-order valence-electron chi connectivity index (χ1n) is 6.01. The topological polar surface area (TPSA) is 66.3 Å². The second-order valence-electron chi connectivity index (χ2n) is 4.61. The van der Waals surface area contributed by atoms with Gasteiger partial charge in [-0.3, -0.25) is 0 Å². The number of H-pyrrole nitrogens is 1. The normalized spacial score (nSPS) is 20.5. The summed E-state index contributed by atoms with van der Waals surface area (Å²) in [6, 6.07) is 1.83. The molecule has 18 heavy (non-hydrogen) atoms. The number of hydrogen-bond donors (Lipinski definition) is 1. The van der Waals surface area contributed by atoms with E-state index in [9.17, 15) is 4.79 Å². The second-order valence-corrected chi connectivity index (χ2v) is 4.92. The molecule has 0 amide bonds. The zero-order valence-corrected chi connectivity index (χ0v) is 10.6. The maximum Gasteiger partial charge on any atom is 0.348 e. The van der Waals surface area contributed by atoms with E-state index in [0.29, 0.717) is 17.4 Å². The minimum atomic E-state index is -0.263. The predicted octanol–water partition coefficient (Wildman–Crippen LogP) is 0.873. The number of hydrogen-bond acceptors (Lipinski definition) is 4. The van der Waals surface area contributed by atoms with Crippen molar-refractivity contribution in [3.05, 3.63) is 22.9 Å². The lowest BCUT2D eigenvalue weighted by Gasteiger charge is -2.32. The number of anilines is 1. The van der Waals surface area contributed by atoms with E-state index in [1.165, 1.54) is 17.1 Å². The van der Waals surface area contributed by atoms with E-state index in [4.69, 9.17) is 11.6 Å². The summed E-state index contributed by atoms with van der Waals surface area (Å²) in [5, 5.41) is 6.35. The van der Waals surface area contributed by atoms with Crippen LogP contribution in [-0.4, -0.2) is 38.6 Å². The van der Waals surface area contributed by atoms with Crippen LogP contribution in [0.1, 0.15) is 12.8 Å². The Balaban J connectivity index is 1.91. The van der Waals surface area contributed by atoms with E-state index in [0.717, 1.165) is 25.3 Å². The van der Waals surface area contributed by atoms with Gasteiger partial charge in [-0.05, 0) is 18.8 Å². The van der Waals surface area contributed by atoms with Crippen LogP contribution >= 0.6 is 11.6 Å². The third kappa shape index (κ3) is 1.96. The first-order valence-corrected chi connectivity index (χ1v) is 6.55. The first kappa shape index (κ1) is 11.5. The van der Waals surface area contributed by atoms with Gasteiger partial charge in [0, 0.05) is 25.0 Å². The fourth-order valence-electron chi connectivity index (χ4n) is 2.37. The molecule has 2 aromatic heterocycles. The minimum Gasteiger partial charge on any atom is -0.356 e. The number of aromatic nitrogens is 4. The molecule has 1 aliphatic heterocycles. The van der Waals surface area contributed by atoms with E-state index in [2.05, 4.69) is 20.1 Å². The van der Waals surface area contributed by atoms with Crippen molar-refractivity contribution >= 4 is 23.1 Å². The number of aromatic amines is 1. The Hall–Kier alpha value is -1.56. The number of rotatable bonds is 2. The lowest BCUT2D eigenvalue weighted by molar-refractivity contribution is 0.448. The van der Waals surface area contributed by atoms with Crippen LogP contribution in [0.4, 0.5) is 5.82 Å². The summed E-state index contributed by atoms with van der Waals surface area (Å²) in [6.07, 6.45) is 3.81. The summed E-state index contributed by atoms with van der Waals surface area (Å²) < 4.78 is 1.40. The van der Waals surface area contributed by atoms with Crippen LogP contribution in [0.5, 0.6) is 0 Å². The van der Waals surface area contributed by atoms with E-state index >= 15 is 0 Å². The molecule has 96 valence electrons. The van der Waals surface area contributed by atoms with Gasteiger partial charge in [0.15, 0.2) is 5.65 Å². The molecule has 0 aliphatic carbocycles. The largest absolute Gasteiger partial charge is 0.356 e. The van der Waals surface area contributed by atoms with Gasteiger partial charge in [-0.2, -0.15) is 5.10 Å². The van der Waals surface area contributed by atoms with Crippen molar-refractivity contribution in [1.82, 2.24) is 19.6 Å². The molecule has 0 aromatic carbocycles. The molecule has 1 aliphatic rings. The van der Waals surface area contributed by atoms with Gasteiger partial charge in [-0.1, -0.05) is 0 Å². The van der Waals surface area contributed by atoms with E-state index < -0.39 is 0 Å². The van der Waals surface area contributed by atoms with Crippen LogP contribution < -0.4 is 10.6 Å². The van der Waals surface area contributed by atoms with Gasteiger partial charge in [-0.15, -0.1) is 11.6 Å². The molecule has 3 heterocycles. The average Bonchev–Trinajstić information content (AvgIpc) is 2.80. The number of piperidine rings is 1. The summed E-state index contributed by atoms with van der Waals surface area (Å²) in [6.45, 7) is 1.90. The van der Waals surface area contributed by atoms with Gasteiger partial charge < -0.3 is 4.90 Å². The molecule has 7 heteroatoms. The Morgan fingerprint density at radius 1 is 1.56 bits per heavy atom. The molecule has 1 N–H and O–H groups in total. The Labute approximate surface area is 109 Å². The number of nitrogens with one attached hydrogen (secondary N) is 1. The first-order chi connectivity index (χ1) is 8.78. The summed E-state index contributed by atoms with van der Waals surface area (Å²) in [5.74, 6) is 2.05. The highest BCUT2D eigenvalue weighted by atomic mass is 35.5. The monoisotopic (exact) mass is 267 g/mol. The average molecular weight is 268 g/mol. The number of nitrogens with zero attached hydrogens (tertiary/aromatic N) is 4. The standard InChI is InChI=1S/C11H14ClN5O/c12-5-8-2-1-3-16(6-8)9-4-10-14-15-11(18)17(10)7-13-9/h4,7-8H,1-3,5-6H2,(H,15,18). The van der Waals surface area contributed by atoms with Gasteiger partial charge in [0.25, 0.3) is 0 Å². The third-order valence-electron chi connectivity index (χ3n) is 3.36. The van der Waals surface area contributed by atoms with E-state index in [1.54, 1.807) is 0 Å². The number of halogens is 1. The summed E-state index contributed by atoms with van der Waals surface area (Å²) >= 11 is 5.92. The Morgan fingerprint density at radius 2 is 2.44 bits per heavy atom. The van der Waals surface area contributed by atoms with Crippen molar-refractivity contribution in [2.24, 2.45) is 5.92 Å². The van der Waals surface area contributed by atoms with Crippen molar-refractivity contribution in [2.45, 2.75) is 12.8 Å². The molecule has 1 atom stereocenters. The van der Waals surface area contributed by atoms with Gasteiger partial charge in [0.2, 0.25) is 0 Å². The van der Waals surface area contributed by atoms with E-state index in [-0.39, 0.29) is 5.69 Å². The second kappa shape index (κ2) is 4.61. The molecule has 1 unspecified atom stereocenters. The fourth-order valence-corrected chi connectivity index (χ4v) is 2.62. The van der Waals surface area contributed by atoms with Crippen molar-refractivity contribution in [2.75, 3.05) is 23.9 Å². The molecule has 6 nitrogen and oxygen atoms in total. The van der Waals surface area contributed by atoms with Gasteiger partial charge in [0.05, 0.1) is 0 Å². The Bertz CT molecular complexity index is 607. The molecule has 0 spiro atoms. The van der Waals surface area contributed by atoms with Crippen LogP contribution in [0, 0.1) is 5.92 Å². The number of alkyl halides is 1. The Kier molecular flexibility index (Phi) is 2.95. The van der Waals surface area contributed by atoms with Crippen LogP contribution in [0.25, 0.3) is 5.65 Å². The van der Waals surface area contributed by atoms with Crippen molar-refractivity contribution in [3.8, 4) is 0 Å². The molecule has 1 saturated heterocycles. The Morgan fingerprint density at radius 3 is 3.28 bits per heavy atom. The van der Waals surface area contributed by atoms with Crippen molar-refractivity contribution in [3.63, 3.8) is 0 Å². The van der Waals surface area contributed by atoms with Crippen LogP contribution in [0.3, 0.4) is 0 Å². The lowest BCUT2D eigenvalue weighted by atomic mass is 10.0. The number of fused-ring (bicyclic) bond motifs is 1. The maximum absolute atomic E-state index is 11.3. The zero-order valence-electron chi connectivity index (χ0n) is 9.84.